The van der Waals surface area contributed by atoms with Gasteiger partial charge >= 0.3 is 0 Å². The van der Waals surface area contributed by atoms with Crippen LogP contribution in [0.25, 0.3) is 0 Å². The average molecular weight is 278 g/mol. The van der Waals surface area contributed by atoms with Crippen molar-refractivity contribution in [2.24, 2.45) is 11.3 Å². The number of hydrogen-bond acceptors (Lipinski definition) is 3. The van der Waals surface area contributed by atoms with Crippen molar-refractivity contribution >= 4 is 0 Å². The minimum absolute atomic E-state index is 0.414. The standard InChI is InChI=1S/C16H30N4/c1-4-9-17-12-16(7-5-6-8-16)10-15-18-13-19-20(15)11-14(2)3/h13-14,17H,4-12H2,1-3H3. The van der Waals surface area contributed by atoms with Gasteiger partial charge in [0.2, 0.25) is 0 Å². The second-order valence-corrected chi connectivity index (χ2v) is 6.81. The third-order valence-corrected chi connectivity index (χ3v) is 4.36. The average Bonchev–Trinajstić information content (AvgIpc) is 3.01. The normalized spacial score (nSPS) is 18.0. The third kappa shape index (κ3) is 4.05. The molecule has 1 aliphatic rings. The zero-order chi connectivity index (χ0) is 14.4. The van der Waals surface area contributed by atoms with E-state index in [0.29, 0.717) is 11.3 Å². The Morgan fingerprint density at radius 3 is 2.75 bits per heavy atom. The monoisotopic (exact) mass is 278 g/mol. The van der Waals surface area contributed by atoms with Crippen LogP contribution in [0, 0.1) is 11.3 Å². The van der Waals surface area contributed by atoms with E-state index in [-0.39, 0.29) is 0 Å². The summed E-state index contributed by atoms with van der Waals surface area (Å²) < 4.78 is 2.12. The first-order valence-electron chi connectivity index (χ1n) is 8.22. The Morgan fingerprint density at radius 1 is 1.35 bits per heavy atom. The molecule has 4 nitrogen and oxygen atoms in total. The summed E-state index contributed by atoms with van der Waals surface area (Å²) in [5.41, 5.74) is 0.414. The fraction of sp³-hybridized carbons (Fsp3) is 0.875. The molecular formula is C16H30N4. The molecule has 4 heteroatoms. The van der Waals surface area contributed by atoms with Crippen LogP contribution >= 0.6 is 0 Å². The molecule has 0 radical (unpaired) electrons. The van der Waals surface area contributed by atoms with E-state index in [0.717, 1.165) is 26.1 Å². The van der Waals surface area contributed by atoms with E-state index >= 15 is 0 Å². The first kappa shape index (κ1) is 15.5. The summed E-state index contributed by atoms with van der Waals surface area (Å²) in [4.78, 5) is 4.53. The highest BCUT2D eigenvalue weighted by Crippen LogP contribution is 2.40. The van der Waals surface area contributed by atoms with Crippen LogP contribution in [0.15, 0.2) is 6.33 Å². The van der Waals surface area contributed by atoms with Gasteiger partial charge in [-0.3, -0.25) is 0 Å². The molecule has 0 saturated heterocycles. The number of nitrogens with zero attached hydrogens (tertiary/aromatic N) is 3. The maximum absolute atomic E-state index is 4.53. The van der Waals surface area contributed by atoms with Crippen molar-refractivity contribution < 1.29 is 0 Å². The first-order valence-corrected chi connectivity index (χ1v) is 8.22. The van der Waals surface area contributed by atoms with Gasteiger partial charge in [-0.15, -0.1) is 0 Å². The van der Waals surface area contributed by atoms with E-state index in [1.165, 1.54) is 37.9 Å². The molecule has 114 valence electrons. The highest BCUT2D eigenvalue weighted by Gasteiger charge is 2.35. The SMILES string of the molecule is CCCNCC1(Cc2ncnn2CC(C)C)CCCC1. The molecule has 20 heavy (non-hydrogen) atoms. The number of nitrogens with one attached hydrogen (secondary N) is 1. The molecule has 0 spiro atoms. The fourth-order valence-corrected chi connectivity index (χ4v) is 3.33. The Hall–Kier alpha value is -0.900. The largest absolute Gasteiger partial charge is 0.316 e. The summed E-state index contributed by atoms with van der Waals surface area (Å²) in [6.07, 6.45) is 9.41. The van der Waals surface area contributed by atoms with Crippen molar-refractivity contribution in [2.45, 2.75) is 65.8 Å². The number of hydrogen-bond donors (Lipinski definition) is 1. The minimum atomic E-state index is 0.414. The van der Waals surface area contributed by atoms with Crippen LogP contribution in [0.2, 0.25) is 0 Å². The summed E-state index contributed by atoms with van der Waals surface area (Å²) in [5.74, 6) is 1.80. The lowest BCUT2D eigenvalue weighted by Gasteiger charge is -2.29. The summed E-state index contributed by atoms with van der Waals surface area (Å²) in [6.45, 7) is 9.94. The molecule has 1 aromatic heterocycles. The summed E-state index contributed by atoms with van der Waals surface area (Å²) >= 11 is 0. The van der Waals surface area contributed by atoms with Crippen LogP contribution in [-0.2, 0) is 13.0 Å². The van der Waals surface area contributed by atoms with Crippen LogP contribution in [-0.4, -0.2) is 27.9 Å². The van der Waals surface area contributed by atoms with Crippen LogP contribution in [0.3, 0.4) is 0 Å². The molecule has 1 N–H and O–H groups in total. The molecule has 2 rings (SSSR count). The maximum Gasteiger partial charge on any atom is 0.138 e. The van der Waals surface area contributed by atoms with E-state index < -0.39 is 0 Å². The topological polar surface area (TPSA) is 42.7 Å². The Balaban J connectivity index is 2.02. The smallest absolute Gasteiger partial charge is 0.138 e. The highest BCUT2D eigenvalue weighted by molar-refractivity contribution is 4.98. The molecule has 0 amide bonds. The van der Waals surface area contributed by atoms with E-state index in [4.69, 9.17) is 0 Å². The zero-order valence-corrected chi connectivity index (χ0v) is 13.4. The first-order chi connectivity index (χ1) is 9.65. The summed E-state index contributed by atoms with van der Waals surface area (Å²) in [6, 6.07) is 0. The number of rotatable bonds is 8. The molecule has 0 aromatic carbocycles. The van der Waals surface area contributed by atoms with Crippen molar-refractivity contribution in [3.8, 4) is 0 Å². The summed E-state index contributed by atoms with van der Waals surface area (Å²) in [5, 5.41) is 8.04. The van der Waals surface area contributed by atoms with Gasteiger partial charge in [-0.25, -0.2) is 9.67 Å². The third-order valence-electron chi connectivity index (χ3n) is 4.36. The van der Waals surface area contributed by atoms with Gasteiger partial charge in [0, 0.05) is 19.5 Å². The van der Waals surface area contributed by atoms with Crippen molar-refractivity contribution in [3.05, 3.63) is 12.2 Å². The van der Waals surface area contributed by atoms with Crippen LogP contribution in [0.1, 0.15) is 58.7 Å². The molecule has 0 unspecified atom stereocenters. The van der Waals surface area contributed by atoms with Crippen LogP contribution < -0.4 is 5.32 Å². The lowest BCUT2D eigenvalue weighted by molar-refractivity contribution is 0.265. The molecule has 1 heterocycles. The highest BCUT2D eigenvalue weighted by atomic mass is 15.3. The van der Waals surface area contributed by atoms with Crippen molar-refractivity contribution in [2.75, 3.05) is 13.1 Å². The quantitative estimate of drug-likeness (QED) is 0.743. The van der Waals surface area contributed by atoms with E-state index in [9.17, 15) is 0 Å². The molecule has 0 atom stereocenters. The van der Waals surface area contributed by atoms with Gasteiger partial charge in [0.05, 0.1) is 0 Å². The molecule has 1 fully saturated rings. The lowest BCUT2D eigenvalue weighted by atomic mass is 9.82. The Morgan fingerprint density at radius 2 is 2.10 bits per heavy atom. The van der Waals surface area contributed by atoms with Crippen LogP contribution in [0.4, 0.5) is 0 Å². The predicted molar refractivity (Wildman–Crippen MR) is 82.6 cm³/mol. The van der Waals surface area contributed by atoms with Crippen molar-refractivity contribution in [3.63, 3.8) is 0 Å². The van der Waals surface area contributed by atoms with Crippen LogP contribution in [0.5, 0.6) is 0 Å². The second kappa shape index (κ2) is 7.21. The zero-order valence-electron chi connectivity index (χ0n) is 13.4. The van der Waals surface area contributed by atoms with E-state index in [1.807, 2.05) is 0 Å². The maximum atomic E-state index is 4.53. The van der Waals surface area contributed by atoms with Gasteiger partial charge in [0.1, 0.15) is 12.2 Å². The van der Waals surface area contributed by atoms with E-state index in [1.54, 1.807) is 6.33 Å². The molecule has 0 bridgehead atoms. The second-order valence-electron chi connectivity index (χ2n) is 6.81. The molecular weight excluding hydrogens is 248 g/mol. The molecule has 1 aliphatic carbocycles. The fourth-order valence-electron chi connectivity index (χ4n) is 3.33. The Bertz CT molecular complexity index is 391. The van der Waals surface area contributed by atoms with Gasteiger partial charge in [0.25, 0.3) is 0 Å². The molecule has 1 aromatic rings. The summed E-state index contributed by atoms with van der Waals surface area (Å²) in [7, 11) is 0. The number of aromatic nitrogens is 3. The molecule has 1 saturated carbocycles. The van der Waals surface area contributed by atoms with Gasteiger partial charge in [-0.2, -0.15) is 5.10 Å². The predicted octanol–water partition coefficient (Wildman–Crippen LogP) is 3.04. The Labute approximate surface area is 123 Å². The van der Waals surface area contributed by atoms with Gasteiger partial charge in [-0.1, -0.05) is 33.6 Å². The van der Waals surface area contributed by atoms with Gasteiger partial charge in [-0.05, 0) is 37.1 Å². The minimum Gasteiger partial charge on any atom is -0.316 e. The van der Waals surface area contributed by atoms with Gasteiger partial charge < -0.3 is 5.32 Å². The van der Waals surface area contributed by atoms with Crippen molar-refractivity contribution in [1.29, 1.82) is 0 Å². The van der Waals surface area contributed by atoms with Gasteiger partial charge in [0.15, 0.2) is 0 Å². The Kier molecular flexibility index (Phi) is 5.58. The van der Waals surface area contributed by atoms with Crippen molar-refractivity contribution in [1.82, 2.24) is 20.1 Å². The molecule has 0 aliphatic heterocycles. The lowest BCUT2D eigenvalue weighted by Crippen LogP contribution is -2.35. The van der Waals surface area contributed by atoms with E-state index in [2.05, 4.69) is 40.9 Å².